The molecule has 0 bridgehead atoms. The molecule has 4 heteroatoms. The molecule has 0 aliphatic carbocycles. The molecule has 2 N–H and O–H groups in total. The number of nitrogen functional groups attached to an aromatic ring is 1. The predicted molar refractivity (Wildman–Crippen MR) is 66.9 cm³/mol. The predicted octanol–water partition coefficient (Wildman–Crippen LogP) is 2.66. The van der Waals surface area contributed by atoms with Crippen LogP contribution in [0, 0.1) is 6.92 Å². The topological polar surface area (TPSA) is 48.1 Å². The second-order valence-electron chi connectivity index (χ2n) is 3.57. The quantitative estimate of drug-likeness (QED) is 0.884. The monoisotopic (exact) mass is 234 g/mol. The molecular weight excluding hydrogens is 220 g/mol. The van der Waals surface area contributed by atoms with Gasteiger partial charge in [-0.3, -0.25) is 0 Å². The van der Waals surface area contributed by atoms with E-state index in [0.717, 1.165) is 12.1 Å². The first-order valence-corrected chi connectivity index (χ1v) is 6.07. The van der Waals surface area contributed by atoms with Crippen molar-refractivity contribution in [3.63, 3.8) is 0 Å². The number of thiophene rings is 1. The van der Waals surface area contributed by atoms with E-state index >= 15 is 0 Å². The van der Waals surface area contributed by atoms with Crippen molar-refractivity contribution in [1.29, 1.82) is 0 Å². The van der Waals surface area contributed by atoms with Crippen LogP contribution in [0.3, 0.4) is 0 Å². The van der Waals surface area contributed by atoms with Gasteiger partial charge in [0.15, 0.2) is 11.6 Å². The minimum atomic E-state index is 0.463. The van der Waals surface area contributed by atoms with E-state index in [9.17, 15) is 0 Å². The number of aromatic nitrogens is 1. The summed E-state index contributed by atoms with van der Waals surface area (Å²) in [5, 5.41) is 4.19. The van der Waals surface area contributed by atoms with Crippen molar-refractivity contribution in [3.8, 4) is 5.75 Å². The second kappa shape index (κ2) is 4.99. The Morgan fingerprint density at radius 3 is 2.94 bits per heavy atom. The second-order valence-corrected chi connectivity index (χ2v) is 4.35. The van der Waals surface area contributed by atoms with Crippen LogP contribution < -0.4 is 10.5 Å². The highest BCUT2D eigenvalue weighted by atomic mass is 32.1. The zero-order chi connectivity index (χ0) is 11.4. The zero-order valence-corrected chi connectivity index (χ0v) is 9.96. The van der Waals surface area contributed by atoms with Gasteiger partial charge in [-0.05, 0) is 41.4 Å². The van der Waals surface area contributed by atoms with Gasteiger partial charge >= 0.3 is 0 Å². The Bertz CT molecular complexity index is 454. The molecule has 0 aliphatic rings. The summed E-state index contributed by atoms with van der Waals surface area (Å²) >= 11 is 1.70. The maximum Gasteiger partial charge on any atom is 0.166 e. The Morgan fingerprint density at radius 2 is 2.25 bits per heavy atom. The number of hydrogen-bond acceptors (Lipinski definition) is 4. The normalized spacial score (nSPS) is 10.3. The molecule has 0 aromatic carbocycles. The summed E-state index contributed by atoms with van der Waals surface area (Å²) in [5.41, 5.74) is 7.95. The lowest BCUT2D eigenvalue weighted by Crippen LogP contribution is -2.04. The molecule has 0 radical (unpaired) electrons. The summed E-state index contributed by atoms with van der Waals surface area (Å²) in [6.45, 7) is 2.54. The first-order valence-electron chi connectivity index (χ1n) is 5.13. The first kappa shape index (κ1) is 11.0. The minimum absolute atomic E-state index is 0.463. The molecule has 2 rings (SSSR count). The van der Waals surface area contributed by atoms with Crippen LogP contribution in [0.2, 0.25) is 0 Å². The number of nitrogens with two attached hydrogens (primary N) is 1. The molecule has 0 saturated carbocycles. The third-order valence-electron chi connectivity index (χ3n) is 2.25. The number of nitrogens with zero attached hydrogens (tertiary/aromatic N) is 1. The highest BCUT2D eigenvalue weighted by Gasteiger charge is 2.01. The van der Waals surface area contributed by atoms with Crippen molar-refractivity contribution in [2.24, 2.45) is 0 Å². The van der Waals surface area contributed by atoms with E-state index in [2.05, 4.69) is 21.8 Å². The average molecular weight is 234 g/mol. The van der Waals surface area contributed by atoms with Crippen LogP contribution in [0.4, 0.5) is 5.82 Å². The van der Waals surface area contributed by atoms with Gasteiger partial charge in [0.1, 0.15) is 0 Å². The van der Waals surface area contributed by atoms with Gasteiger partial charge in [-0.1, -0.05) is 0 Å². The molecular formula is C12H14N2OS. The molecule has 0 unspecified atom stereocenters. The Labute approximate surface area is 98.9 Å². The number of aryl methyl sites for hydroxylation is 1. The van der Waals surface area contributed by atoms with Crippen LogP contribution in [-0.4, -0.2) is 11.6 Å². The van der Waals surface area contributed by atoms with Crippen molar-refractivity contribution in [1.82, 2.24) is 4.98 Å². The molecule has 0 aliphatic heterocycles. The molecule has 3 nitrogen and oxygen atoms in total. The number of hydrogen-bond donors (Lipinski definition) is 1. The van der Waals surface area contributed by atoms with Crippen LogP contribution >= 0.6 is 11.3 Å². The Hall–Kier alpha value is -1.55. The average Bonchev–Trinajstić information content (AvgIpc) is 2.74. The molecule has 2 aromatic heterocycles. The summed E-state index contributed by atoms with van der Waals surface area (Å²) in [6, 6.07) is 5.87. The standard InChI is InChI=1S/C12H14N2OS/c1-9-2-3-11(12(13)14-9)15-6-4-10-5-7-16-8-10/h2-3,5,7-8H,4,6H2,1H3,(H2,13,14). The van der Waals surface area contributed by atoms with Gasteiger partial charge < -0.3 is 10.5 Å². The van der Waals surface area contributed by atoms with E-state index < -0.39 is 0 Å². The van der Waals surface area contributed by atoms with Crippen LogP contribution in [0.15, 0.2) is 29.0 Å². The number of rotatable bonds is 4. The molecule has 2 heterocycles. The lowest BCUT2D eigenvalue weighted by Gasteiger charge is -2.07. The fourth-order valence-electron chi connectivity index (χ4n) is 1.40. The molecule has 2 aromatic rings. The highest BCUT2D eigenvalue weighted by molar-refractivity contribution is 7.07. The van der Waals surface area contributed by atoms with Crippen molar-refractivity contribution in [2.45, 2.75) is 13.3 Å². The maximum atomic E-state index is 5.75. The number of ether oxygens (including phenoxy) is 1. The smallest absolute Gasteiger partial charge is 0.166 e. The largest absolute Gasteiger partial charge is 0.489 e. The SMILES string of the molecule is Cc1ccc(OCCc2ccsc2)c(N)n1. The van der Waals surface area contributed by atoms with Gasteiger partial charge in [-0.2, -0.15) is 11.3 Å². The third kappa shape index (κ3) is 2.73. The third-order valence-corrected chi connectivity index (χ3v) is 2.99. The Morgan fingerprint density at radius 1 is 1.38 bits per heavy atom. The van der Waals surface area contributed by atoms with E-state index in [1.165, 1.54) is 5.56 Å². The van der Waals surface area contributed by atoms with Crippen LogP contribution in [0.5, 0.6) is 5.75 Å². The van der Waals surface area contributed by atoms with E-state index in [0.29, 0.717) is 18.2 Å². The highest BCUT2D eigenvalue weighted by Crippen LogP contribution is 2.19. The molecule has 0 saturated heterocycles. The summed E-state index contributed by atoms with van der Waals surface area (Å²) in [5.74, 6) is 1.13. The first-order chi connectivity index (χ1) is 7.75. The van der Waals surface area contributed by atoms with E-state index in [1.54, 1.807) is 11.3 Å². The van der Waals surface area contributed by atoms with Crippen LogP contribution in [-0.2, 0) is 6.42 Å². The summed E-state index contributed by atoms with van der Waals surface area (Å²) < 4.78 is 5.58. The van der Waals surface area contributed by atoms with Crippen LogP contribution in [0.1, 0.15) is 11.3 Å². The molecule has 16 heavy (non-hydrogen) atoms. The van der Waals surface area contributed by atoms with Gasteiger partial charge in [-0.25, -0.2) is 4.98 Å². The maximum absolute atomic E-state index is 5.75. The fourth-order valence-corrected chi connectivity index (χ4v) is 2.10. The van der Waals surface area contributed by atoms with E-state index in [4.69, 9.17) is 10.5 Å². The van der Waals surface area contributed by atoms with Gasteiger partial charge in [0.2, 0.25) is 0 Å². The van der Waals surface area contributed by atoms with Gasteiger partial charge in [0, 0.05) is 12.1 Å². The van der Waals surface area contributed by atoms with E-state index in [1.807, 2.05) is 19.1 Å². The summed E-state index contributed by atoms with van der Waals surface area (Å²) in [6.07, 6.45) is 0.900. The van der Waals surface area contributed by atoms with Crippen LogP contribution in [0.25, 0.3) is 0 Å². The molecule has 0 fully saturated rings. The summed E-state index contributed by atoms with van der Waals surface area (Å²) in [7, 11) is 0. The van der Waals surface area contributed by atoms with Crippen molar-refractivity contribution >= 4 is 17.2 Å². The van der Waals surface area contributed by atoms with Gasteiger partial charge in [0.25, 0.3) is 0 Å². The van der Waals surface area contributed by atoms with Crippen molar-refractivity contribution < 1.29 is 4.74 Å². The van der Waals surface area contributed by atoms with Crippen molar-refractivity contribution in [3.05, 3.63) is 40.2 Å². The molecule has 0 atom stereocenters. The minimum Gasteiger partial charge on any atom is -0.489 e. The summed E-state index contributed by atoms with van der Waals surface area (Å²) in [4.78, 5) is 4.14. The molecule has 84 valence electrons. The molecule has 0 spiro atoms. The van der Waals surface area contributed by atoms with Crippen molar-refractivity contribution in [2.75, 3.05) is 12.3 Å². The zero-order valence-electron chi connectivity index (χ0n) is 9.14. The van der Waals surface area contributed by atoms with E-state index in [-0.39, 0.29) is 0 Å². The molecule has 0 amide bonds. The Kier molecular flexibility index (Phi) is 3.41. The van der Waals surface area contributed by atoms with Gasteiger partial charge in [-0.15, -0.1) is 0 Å². The number of anilines is 1. The number of pyridine rings is 1. The lowest BCUT2D eigenvalue weighted by molar-refractivity contribution is 0.322. The lowest BCUT2D eigenvalue weighted by atomic mass is 10.2. The Balaban J connectivity index is 1.90. The van der Waals surface area contributed by atoms with Gasteiger partial charge in [0.05, 0.1) is 6.61 Å². The fraction of sp³-hybridized carbons (Fsp3) is 0.250.